The first kappa shape index (κ1) is 15.2. The van der Waals surface area contributed by atoms with Crippen LogP contribution in [0, 0.1) is 0 Å². The number of hydrogen-bond donors (Lipinski definition) is 0. The molecule has 0 radical (unpaired) electrons. The number of rotatable bonds is 4. The van der Waals surface area contributed by atoms with Gasteiger partial charge in [0, 0.05) is 31.2 Å². The average molecular weight is 332 g/mol. The lowest BCUT2D eigenvalue weighted by Crippen LogP contribution is -2.07. The maximum absolute atomic E-state index is 12.3. The molecule has 0 saturated carbocycles. The van der Waals surface area contributed by atoms with E-state index in [2.05, 4.69) is 20.3 Å². The Morgan fingerprint density at radius 3 is 2.72 bits per heavy atom. The number of fused-ring (bicyclic) bond motifs is 1. The van der Waals surface area contributed by atoms with Gasteiger partial charge in [0.2, 0.25) is 0 Å². The van der Waals surface area contributed by atoms with Crippen LogP contribution in [0.15, 0.2) is 49.1 Å². The molecule has 3 heterocycles. The van der Waals surface area contributed by atoms with Crippen molar-refractivity contribution in [2.45, 2.75) is 6.42 Å². The largest absolute Gasteiger partial charge is 0.334 e. The Morgan fingerprint density at radius 2 is 2.00 bits per heavy atom. The minimum atomic E-state index is -0.0722. The zero-order valence-corrected chi connectivity index (χ0v) is 13.9. The van der Waals surface area contributed by atoms with Gasteiger partial charge in [0.25, 0.3) is 0 Å². The summed E-state index contributed by atoms with van der Waals surface area (Å²) in [6.07, 6.45) is 5.51. The Balaban J connectivity index is 1.67. The fourth-order valence-corrected chi connectivity index (χ4v) is 2.79. The van der Waals surface area contributed by atoms with Crippen LogP contribution < -0.4 is 0 Å². The molecule has 0 spiro atoms. The molecule has 0 unspecified atom stereocenters. The number of Topliss-reactive ketones (excluding diaryl/α,β-unsaturated/α-hetero) is 1. The summed E-state index contributed by atoms with van der Waals surface area (Å²) in [5.74, 6) is -0.0722. The zero-order chi connectivity index (χ0) is 17.4. The van der Waals surface area contributed by atoms with Crippen LogP contribution in [0.5, 0.6) is 0 Å². The summed E-state index contributed by atoms with van der Waals surface area (Å²) in [6, 6.07) is 9.57. The molecular weight excluding hydrogens is 316 g/mol. The predicted molar refractivity (Wildman–Crippen MR) is 93.0 cm³/mol. The van der Waals surface area contributed by atoms with E-state index in [9.17, 15) is 4.79 Å². The summed E-state index contributed by atoms with van der Waals surface area (Å²) in [4.78, 5) is 16.5. The van der Waals surface area contributed by atoms with Crippen LogP contribution in [-0.2, 0) is 20.5 Å². The lowest BCUT2D eigenvalue weighted by Gasteiger charge is -2.05. The van der Waals surface area contributed by atoms with E-state index in [0.717, 1.165) is 22.2 Å². The number of benzene rings is 1. The highest BCUT2D eigenvalue weighted by atomic mass is 16.1. The van der Waals surface area contributed by atoms with Gasteiger partial charge in [-0.2, -0.15) is 15.3 Å². The molecule has 0 aliphatic rings. The summed E-state index contributed by atoms with van der Waals surface area (Å²) in [6.45, 7) is 0. The van der Waals surface area contributed by atoms with Gasteiger partial charge in [0.15, 0.2) is 5.78 Å². The van der Waals surface area contributed by atoms with Crippen molar-refractivity contribution in [1.29, 1.82) is 0 Å². The number of carbonyl (C=O) groups excluding carboxylic acids is 1. The highest BCUT2D eigenvalue weighted by Gasteiger charge is 2.12. The second-order valence-electron chi connectivity index (χ2n) is 5.97. The molecule has 4 rings (SSSR count). The number of nitrogens with zero attached hydrogens (tertiary/aromatic N) is 6. The van der Waals surface area contributed by atoms with Crippen molar-refractivity contribution in [3.63, 3.8) is 0 Å². The summed E-state index contributed by atoms with van der Waals surface area (Å²) in [7, 11) is 3.74. The molecule has 4 aromatic rings. The highest BCUT2D eigenvalue weighted by Crippen LogP contribution is 2.23. The number of imidazole rings is 1. The van der Waals surface area contributed by atoms with Crippen molar-refractivity contribution in [3.05, 3.63) is 60.4 Å². The van der Waals surface area contributed by atoms with Gasteiger partial charge < -0.3 is 4.57 Å². The summed E-state index contributed by atoms with van der Waals surface area (Å²) < 4.78 is 3.57. The van der Waals surface area contributed by atoms with E-state index >= 15 is 0 Å². The van der Waals surface area contributed by atoms with Crippen LogP contribution in [-0.4, -0.2) is 35.3 Å². The molecular formula is C18H16N6O. The predicted octanol–water partition coefficient (Wildman–Crippen LogP) is 2.19. The Labute approximate surface area is 144 Å². The lowest BCUT2D eigenvalue weighted by atomic mass is 10.1. The molecule has 124 valence electrons. The monoisotopic (exact) mass is 332 g/mol. The van der Waals surface area contributed by atoms with Crippen LogP contribution in [0.2, 0.25) is 0 Å². The minimum Gasteiger partial charge on any atom is -0.334 e. The van der Waals surface area contributed by atoms with Crippen LogP contribution in [0.1, 0.15) is 16.2 Å². The molecule has 25 heavy (non-hydrogen) atoms. The fraction of sp³-hybridized carbons (Fsp3) is 0.167. The normalized spacial score (nSPS) is 11.1. The van der Waals surface area contributed by atoms with Crippen molar-refractivity contribution in [2.24, 2.45) is 14.1 Å². The number of aromatic nitrogens is 6. The third-order valence-corrected chi connectivity index (χ3v) is 4.09. The molecule has 0 aliphatic carbocycles. The number of carbonyl (C=O) groups is 1. The van der Waals surface area contributed by atoms with E-state index < -0.39 is 0 Å². The van der Waals surface area contributed by atoms with Gasteiger partial charge in [0.05, 0.1) is 35.8 Å². The zero-order valence-electron chi connectivity index (χ0n) is 13.9. The molecule has 0 N–H and O–H groups in total. The van der Waals surface area contributed by atoms with Gasteiger partial charge in [-0.3, -0.25) is 9.48 Å². The fourth-order valence-electron chi connectivity index (χ4n) is 2.79. The maximum atomic E-state index is 12.3. The molecule has 0 amide bonds. The molecule has 0 bridgehead atoms. The van der Waals surface area contributed by atoms with Crippen LogP contribution in [0.3, 0.4) is 0 Å². The molecule has 7 heteroatoms. The van der Waals surface area contributed by atoms with E-state index in [1.54, 1.807) is 30.3 Å². The van der Waals surface area contributed by atoms with Gasteiger partial charge in [-0.25, -0.2) is 4.98 Å². The summed E-state index contributed by atoms with van der Waals surface area (Å²) in [5.41, 5.74) is 3.92. The van der Waals surface area contributed by atoms with Crippen LogP contribution in [0.4, 0.5) is 0 Å². The third kappa shape index (κ3) is 2.91. The highest BCUT2D eigenvalue weighted by molar-refractivity contribution is 5.96. The minimum absolute atomic E-state index is 0.0722. The van der Waals surface area contributed by atoms with E-state index in [1.807, 2.05) is 42.1 Å². The molecule has 7 nitrogen and oxygen atoms in total. The Bertz CT molecular complexity index is 1080. The van der Waals surface area contributed by atoms with E-state index in [-0.39, 0.29) is 12.2 Å². The van der Waals surface area contributed by atoms with E-state index in [0.29, 0.717) is 11.4 Å². The molecule has 3 aromatic heterocycles. The standard InChI is InChI=1S/C18H16N6O/c1-23-11-19-10-17(23)12-3-4-15-13(7-12)8-14(20-21-15)9-18(25)16-5-6-24(2)22-16/h3-8,10-11H,9H2,1-2H3. The number of ketones is 1. The van der Waals surface area contributed by atoms with Crippen LogP contribution >= 0.6 is 0 Å². The molecule has 0 fully saturated rings. The second kappa shape index (κ2) is 5.94. The number of hydrogen-bond acceptors (Lipinski definition) is 5. The van der Waals surface area contributed by atoms with E-state index in [1.165, 1.54) is 0 Å². The molecule has 0 aliphatic heterocycles. The second-order valence-corrected chi connectivity index (χ2v) is 5.97. The first-order valence-corrected chi connectivity index (χ1v) is 7.86. The first-order valence-electron chi connectivity index (χ1n) is 7.86. The first-order chi connectivity index (χ1) is 12.1. The Kier molecular flexibility index (Phi) is 3.61. The third-order valence-electron chi connectivity index (χ3n) is 4.09. The van der Waals surface area contributed by atoms with Crippen molar-refractivity contribution in [3.8, 4) is 11.3 Å². The van der Waals surface area contributed by atoms with E-state index in [4.69, 9.17) is 0 Å². The van der Waals surface area contributed by atoms with Gasteiger partial charge in [-0.15, -0.1) is 0 Å². The van der Waals surface area contributed by atoms with Gasteiger partial charge in [-0.1, -0.05) is 6.07 Å². The molecule has 0 atom stereocenters. The van der Waals surface area contributed by atoms with Crippen LogP contribution in [0.25, 0.3) is 22.2 Å². The quantitative estimate of drug-likeness (QED) is 0.535. The van der Waals surface area contributed by atoms with Crippen molar-refractivity contribution in [2.75, 3.05) is 0 Å². The van der Waals surface area contributed by atoms with Gasteiger partial charge >= 0.3 is 0 Å². The topological polar surface area (TPSA) is 78.5 Å². The average Bonchev–Trinajstić information content (AvgIpc) is 3.22. The maximum Gasteiger partial charge on any atom is 0.189 e. The Morgan fingerprint density at radius 1 is 1.12 bits per heavy atom. The summed E-state index contributed by atoms with van der Waals surface area (Å²) >= 11 is 0. The smallest absolute Gasteiger partial charge is 0.189 e. The number of aryl methyl sites for hydroxylation is 2. The van der Waals surface area contributed by atoms with Crippen molar-refractivity contribution in [1.82, 2.24) is 29.5 Å². The molecule has 0 saturated heterocycles. The van der Waals surface area contributed by atoms with Gasteiger partial charge in [-0.05, 0) is 24.3 Å². The van der Waals surface area contributed by atoms with Crippen molar-refractivity contribution >= 4 is 16.7 Å². The van der Waals surface area contributed by atoms with Crippen molar-refractivity contribution < 1.29 is 4.79 Å². The van der Waals surface area contributed by atoms with Gasteiger partial charge in [0.1, 0.15) is 5.69 Å². The summed E-state index contributed by atoms with van der Waals surface area (Å²) in [5, 5.41) is 13.5. The Hall–Kier alpha value is -3.35. The molecule has 1 aromatic carbocycles. The lowest BCUT2D eigenvalue weighted by molar-refractivity contribution is 0.0986. The SMILES string of the molecule is Cn1ccc(C(=O)Cc2cc3cc(-c4cncn4C)ccc3nn2)n1.